The van der Waals surface area contributed by atoms with Crippen molar-refractivity contribution in [2.24, 2.45) is 0 Å². The first-order chi connectivity index (χ1) is 9.43. The quantitative estimate of drug-likeness (QED) is 0.309. The van der Waals surface area contributed by atoms with Crippen molar-refractivity contribution >= 4 is 0 Å². The molecule has 0 spiro atoms. The van der Waals surface area contributed by atoms with E-state index in [0.717, 1.165) is 0 Å². The van der Waals surface area contributed by atoms with Gasteiger partial charge >= 0.3 is 0 Å². The zero-order chi connectivity index (χ0) is 14.9. The summed E-state index contributed by atoms with van der Waals surface area (Å²) in [6, 6.07) is 0. The first-order valence-electron chi connectivity index (χ1n) is 6.37. The molecule has 3 unspecified atom stereocenters. The Morgan fingerprint density at radius 2 is 1.70 bits per heavy atom. The molecule has 20 heavy (non-hydrogen) atoms. The molecule has 0 aliphatic carbocycles. The zero-order valence-corrected chi connectivity index (χ0v) is 10.6. The fourth-order valence-corrected chi connectivity index (χ4v) is 2.24. The van der Waals surface area contributed by atoms with Gasteiger partial charge in [-0.05, 0) is 0 Å². The molecule has 0 aromatic carbocycles. The Bertz CT molecular complexity index is 312. The van der Waals surface area contributed by atoms with Gasteiger partial charge in [0.2, 0.25) is 0 Å². The minimum Gasteiger partial charge on any atom is -0.394 e. The fourth-order valence-electron chi connectivity index (χ4n) is 2.24. The van der Waals surface area contributed by atoms with Gasteiger partial charge in [-0.15, -0.1) is 0 Å². The maximum absolute atomic E-state index is 9.78. The van der Waals surface area contributed by atoms with Crippen molar-refractivity contribution < 1.29 is 44.8 Å². The van der Waals surface area contributed by atoms with Gasteiger partial charge in [0, 0.05) is 6.42 Å². The Balaban J connectivity index is 1.94. The summed E-state index contributed by atoms with van der Waals surface area (Å²) < 4.78 is 15.4. The zero-order valence-electron chi connectivity index (χ0n) is 10.6. The van der Waals surface area contributed by atoms with E-state index in [0.29, 0.717) is 0 Å². The molecular formula is C11H20O9. The molecule has 2 aliphatic rings. The third kappa shape index (κ3) is 3.27. The van der Waals surface area contributed by atoms with E-state index in [-0.39, 0.29) is 13.0 Å². The molecule has 9 nitrogen and oxygen atoms in total. The largest absolute Gasteiger partial charge is 0.394 e. The summed E-state index contributed by atoms with van der Waals surface area (Å²) in [4.78, 5) is 0. The lowest BCUT2D eigenvalue weighted by molar-refractivity contribution is -0.326. The molecule has 0 aromatic heterocycles. The minimum absolute atomic E-state index is 0.0206. The van der Waals surface area contributed by atoms with Crippen molar-refractivity contribution in [3.8, 4) is 0 Å². The number of aliphatic hydroxyl groups excluding tert-OH is 6. The van der Waals surface area contributed by atoms with E-state index in [9.17, 15) is 25.5 Å². The second-order valence-corrected chi connectivity index (χ2v) is 4.98. The van der Waals surface area contributed by atoms with Crippen LogP contribution in [-0.2, 0) is 14.2 Å². The van der Waals surface area contributed by atoms with Crippen molar-refractivity contribution in [1.82, 2.24) is 0 Å². The first kappa shape index (κ1) is 16.0. The van der Waals surface area contributed by atoms with Crippen molar-refractivity contribution in [3.05, 3.63) is 0 Å². The molecule has 0 aromatic rings. The Labute approximate surface area is 114 Å². The smallest absolute Gasteiger partial charge is 0.187 e. The fraction of sp³-hybridized carbons (Fsp3) is 1.00. The van der Waals surface area contributed by atoms with Crippen LogP contribution >= 0.6 is 0 Å². The highest BCUT2D eigenvalue weighted by atomic mass is 16.7. The van der Waals surface area contributed by atoms with Crippen LogP contribution in [0, 0.1) is 0 Å². The van der Waals surface area contributed by atoms with Crippen molar-refractivity contribution in [2.45, 2.75) is 55.6 Å². The highest BCUT2D eigenvalue weighted by Crippen LogP contribution is 2.25. The average molecular weight is 296 g/mol. The maximum atomic E-state index is 9.78. The van der Waals surface area contributed by atoms with Crippen molar-refractivity contribution in [2.75, 3.05) is 13.2 Å². The predicted octanol–water partition coefficient (Wildman–Crippen LogP) is -3.73. The molecule has 118 valence electrons. The van der Waals surface area contributed by atoms with Crippen LogP contribution in [0.25, 0.3) is 0 Å². The van der Waals surface area contributed by atoms with E-state index in [2.05, 4.69) is 0 Å². The lowest BCUT2D eigenvalue weighted by Gasteiger charge is -2.41. The molecule has 8 atom stereocenters. The van der Waals surface area contributed by atoms with Crippen LogP contribution in [-0.4, -0.2) is 93.1 Å². The summed E-state index contributed by atoms with van der Waals surface area (Å²) in [5.41, 5.74) is 0. The summed E-state index contributed by atoms with van der Waals surface area (Å²) in [5.74, 6) is 0. The van der Waals surface area contributed by atoms with E-state index < -0.39 is 55.8 Å². The molecular weight excluding hydrogens is 276 g/mol. The topological polar surface area (TPSA) is 149 Å². The number of ether oxygens (including phenoxy) is 3. The summed E-state index contributed by atoms with van der Waals surface area (Å²) in [7, 11) is 0. The van der Waals surface area contributed by atoms with Crippen LogP contribution in [0.3, 0.4) is 0 Å². The van der Waals surface area contributed by atoms with Crippen molar-refractivity contribution in [1.29, 1.82) is 0 Å². The van der Waals surface area contributed by atoms with Gasteiger partial charge in [-0.1, -0.05) is 0 Å². The lowest BCUT2D eigenvalue weighted by Crippen LogP contribution is -2.60. The molecule has 0 radical (unpaired) electrons. The molecule has 9 heteroatoms. The molecule has 0 saturated carbocycles. The highest BCUT2D eigenvalue weighted by Gasteiger charge is 2.45. The Morgan fingerprint density at radius 3 is 2.30 bits per heavy atom. The van der Waals surface area contributed by atoms with Gasteiger partial charge < -0.3 is 44.8 Å². The van der Waals surface area contributed by atoms with Crippen LogP contribution in [0.5, 0.6) is 0 Å². The SMILES string of the molecule is OCC1O[C@@H](O[C@H]2CO[C@@H](O)C(O)C2)C(O)[C@@H](O)[C@H]1O. The second kappa shape index (κ2) is 6.60. The molecule has 0 bridgehead atoms. The molecule has 2 aliphatic heterocycles. The predicted molar refractivity (Wildman–Crippen MR) is 61.2 cm³/mol. The molecule has 6 N–H and O–H groups in total. The van der Waals surface area contributed by atoms with E-state index in [4.69, 9.17) is 19.3 Å². The Morgan fingerprint density at radius 1 is 1.00 bits per heavy atom. The number of rotatable bonds is 3. The second-order valence-electron chi connectivity index (χ2n) is 4.98. The van der Waals surface area contributed by atoms with Crippen LogP contribution in [0.15, 0.2) is 0 Å². The normalized spacial score (nSPS) is 50.1. The highest BCUT2D eigenvalue weighted by molar-refractivity contribution is 4.89. The van der Waals surface area contributed by atoms with Gasteiger partial charge in [-0.2, -0.15) is 0 Å². The van der Waals surface area contributed by atoms with Gasteiger partial charge in [0.1, 0.15) is 30.5 Å². The number of hydrogen-bond donors (Lipinski definition) is 6. The van der Waals surface area contributed by atoms with Crippen LogP contribution in [0.1, 0.15) is 6.42 Å². The molecule has 2 heterocycles. The average Bonchev–Trinajstić information content (AvgIpc) is 2.43. The van der Waals surface area contributed by atoms with Crippen LogP contribution < -0.4 is 0 Å². The maximum Gasteiger partial charge on any atom is 0.187 e. The van der Waals surface area contributed by atoms with E-state index in [1.54, 1.807) is 0 Å². The van der Waals surface area contributed by atoms with E-state index >= 15 is 0 Å². The van der Waals surface area contributed by atoms with Crippen LogP contribution in [0.2, 0.25) is 0 Å². The minimum atomic E-state index is -1.52. The summed E-state index contributed by atoms with van der Waals surface area (Å²) in [6.07, 6.45) is -9.82. The molecule has 2 rings (SSSR count). The number of hydrogen-bond acceptors (Lipinski definition) is 9. The third-order valence-corrected chi connectivity index (χ3v) is 3.46. The van der Waals surface area contributed by atoms with Crippen molar-refractivity contribution in [3.63, 3.8) is 0 Å². The molecule has 2 saturated heterocycles. The lowest BCUT2D eigenvalue weighted by atomic mass is 9.99. The summed E-state index contributed by atoms with van der Waals surface area (Å²) in [6.45, 7) is -0.569. The van der Waals surface area contributed by atoms with Gasteiger partial charge in [0.25, 0.3) is 0 Å². The summed E-state index contributed by atoms with van der Waals surface area (Å²) >= 11 is 0. The monoisotopic (exact) mass is 296 g/mol. The molecule has 0 amide bonds. The van der Waals surface area contributed by atoms with Gasteiger partial charge in [-0.25, -0.2) is 0 Å². The Hall–Kier alpha value is -0.360. The molecule has 2 fully saturated rings. The first-order valence-corrected chi connectivity index (χ1v) is 6.37. The van der Waals surface area contributed by atoms with Crippen LogP contribution in [0.4, 0.5) is 0 Å². The summed E-state index contributed by atoms with van der Waals surface area (Å²) in [5, 5.41) is 56.7. The van der Waals surface area contributed by atoms with E-state index in [1.807, 2.05) is 0 Å². The number of aliphatic hydroxyl groups is 6. The van der Waals surface area contributed by atoms with Gasteiger partial charge in [0.05, 0.1) is 19.3 Å². The van der Waals surface area contributed by atoms with Gasteiger partial charge in [-0.3, -0.25) is 0 Å². The Kier molecular flexibility index (Phi) is 5.29. The standard InChI is InChI=1S/C11H20O9/c12-2-6-7(14)8(15)9(16)11(20-6)19-4-1-5(13)10(17)18-3-4/h4-17H,1-3H2/t4-,5?,6?,7+,8+,9?,10-,11-/m1/s1. The van der Waals surface area contributed by atoms with E-state index in [1.165, 1.54) is 0 Å². The third-order valence-electron chi connectivity index (χ3n) is 3.46. The van der Waals surface area contributed by atoms with Gasteiger partial charge in [0.15, 0.2) is 12.6 Å².